The highest BCUT2D eigenvalue weighted by molar-refractivity contribution is 5.42. The smallest absolute Gasteiger partial charge is 0.200 e. The zero-order chi connectivity index (χ0) is 11.7. The number of nitrogens with zero attached hydrogens (tertiary/aromatic N) is 5. The van der Waals surface area contributed by atoms with Crippen LogP contribution >= 0.6 is 0 Å². The van der Waals surface area contributed by atoms with Gasteiger partial charge < -0.3 is 5.32 Å². The minimum atomic E-state index is 0.519. The average Bonchev–Trinajstić information content (AvgIpc) is 2.79. The highest BCUT2D eigenvalue weighted by atomic mass is 15.6. The van der Waals surface area contributed by atoms with Crippen molar-refractivity contribution in [3.8, 4) is 0 Å². The van der Waals surface area contributed by atoms with Gasteiger partial charge in [-0.1, -0.05) is 19.8 Å². The van der Waals surface area contributed by atoms with Crippen LogP contribution < -0.4 is 5.32 Å². The van der Waals surface area contributed by atoms with Crippen molar-refractivity contribution in [2.75, 3.05) is 5.32 Å². The Labute approximate surface area is 99.4 Å². The number of nitrogens with one attached hydrogen (secondary N) is 1. The van der Waals surface area contributed by atoms with E-state index in [1.54, 1.807) is 0 Å². The molecule has 2 atom stereocenters. The molecule has 0 amide bonds. The normalized spacial score (nSPS) is 25.0. The summed E-state index contributed by atoms with van der Waals surface area (Å²) in [7, 11) is 0. The highest BCUT2D eigenvalue weighted by Gasteiger charge is 2.21. The van der Waals surface area contributed by atoms with Crippen LogP contribution in [0.25, 0.3) is 5.65 Å². The Morgan fingerprint density at radius 1 is 1.29 bits per heavy atom. The van der Waals surface area contributed by atoms with Gasteiger partial charge in [-0.3, -0.25) is 0 Å². The van der Waals surface area contributed by atoms with Crippen molar-refractivity contribution in [3.63, 3.8) is 0 Å². The lowest BCUT2D eigenvalue weighted by atomic mass is 9.86. The molecule has 0 spiro atoms. The summed E-state index contributed by atoms with van der Waals surface area (Å²) in [6, 6.07) is 4.33. The maximum Gasteiger partial charge on any atom is 0.200 e. The molecule has 3 rings (SSSR count). The Balaban J connectivity index is 1.79. The van der Waals surface area contributed by atoms with Crippen LogP contribution in [-0.2, 0) is 0 Å². The molecule has 0 radical (unpaired) electrons. The van der Waals surface area contributed by atoms with Crippen LogP contribution in [0.1, 0.15) is 32.6 Å². The summed E-state index contributed by atoms with van der Waals surface area (Å²) < 4.78 is 1.45. The minimum Gasteiger partial charge on any atom is -0.366 e. The SMILES string of the molecule is C[C@@H]1CCCC[C@@H]1Nc1ccc2nnnn2n1. The second-order valence-corrected chi connectivity index (χ2v) is 4.76. The monoisotopic (exact) mass is 232 g/mol. The van der Waals surface area contributed by atoms with Crippen molar-refractivity contribution in [3.05, 3.63) is 12.1 Å². The van der Waals surface area contributed by atoms with Crippen molar-refractivity contribution < 1.29 is 0 Å². The van der Waals surface area contributed by atoms with E-state index >= 15 is 0 Å². The van der Waals surface area contributed by atoms with Crippen LogP contribution in [0.2, 0.25) is 0 Å². The number of tetrazole rings is 1. The molecule has 0 saturated heterocycles. The molecule has 6 heteroatoms. The average molecular weight is 232 g/mol. The van der Waals surface area contributed by atoms with E-state index in [-0.39, 0.29) is 0 Å². The molecule has 6 nitrogen and oxygen atoms in total. The van der Waals surface area contributed by atoms with Gasteiger partial charge in [-0.25, -0.2) is 0 Å². The first-order valence-corrected chi connectivity index (χ1v) is 6.15. The first kappa shape index (κ1) is 10.4. The Morgan fingerprint density at radius 3 is 3.06 bits per heavy atom. The molecule has 0 aromatic carbocycles. The Hall–Kier alpha value is -1.72. The lowest BCUT2D eigenvalue weighted by molar-refractivity contribution is 0.348. The van der Waals surface area contributed by atoms with Gasteiger partial charge in [0, 0.05) is 6.04 Å². The second kappa shape index (κ2) is 4.27. The third-order valence-electron chi connectivity index (χ3n) is 3.51. The van der Waals surface area contributed by atoms with E-state index in [9.17, 15) is 0 Å². The molecule has 0 unspecified atom stereocenters. The van der Waals surface area contributed by atoms with Gasteiger partial charge in [0.1, 0.15) is 5.82 Å². The number of aromatic nitrogens is 5. The first-order chi connectivity index (χ1) is 8.33. The summed E-state index contributed by atoms with van der Waals surface area (Å²) in [6.45, 7) is 2.30. The molecule has 1 fully saturated rings. The van der Waals surface area contributed by atoms with Crippen LogP contribution in [0.15, 0.2) is 12.1 Å². The van der Waals surface area contributed by atoms with Gasteiger partial charge in [-0.15, -0.1) is 14.8 Å². The van der Waals surface area contributed by atoms with Crippen molar-refractivity contribution >= 4 is 11.5 Å². The van der Waals surface area contributed by atoms with E-state index in [1.165, 1.54) is 30.3 Å². The fourth-order valence-electron chi connectivity index (χ4n) is 2.45. The molecule has 0 aliphatic heterocycles. The van der Waals surface area contributed by atoms with E-state index in [0.29, 0.717) is 17.6 Å². The van der Waals surface area contributed by atoms with Crippen molar-refractivity contribution in [2.24, 2.45) is 5.92 Å². The molecule has 90 valence electrons. The zero-order valence-corrected chi connectivity index (χ0v) is 9.87. The number of fused-ring (bicyclic) bond motifs is 1. The predicted molar refractivity (Wildman–Crippen MR) is 63.6 cm³/mol. The van der Waals surface area contributed by atoms with Gasteiger partial charge in [0.25, 0.3) is 0 Å². The minimum absolute atomic E-state index is 0.519. The fraction of sp³-hybridized carbons (Fsp3) is 0.636. The lowest BCUT2D eigenvalue weighted by Crippen LogP contribution is -2.30. The van der Waals surface area contributed by atoms with Crippen molar-refractivity contribution in [1.82, 2.24) is 25.3 Å². The topological polar surface area (TPSA) is 68.0 Å². The van der Waals surface area contributed by atoms with Crippen LogP contribution in [0.3, 0.4) is 0 Å². The molecule has 1 aliphatic rings. The molecule has 2 heterocycles. The van der Waals surface area contributed by atoms with Crippen LogP contribution in [-0.4, -0.2) is 31.3 Å². The molecular weight excluding hydrogens is 216 g/mol. The van der Waals surface area contributed by atoms with Gasteiger partial charge in [-0.05, 0) is 41.3 Å². The van der Waals surface area contributed by atoms with E-state index in [1.807, 2.05) is 12.1 Å². The Morgan fingerprint density at radius 2 is 2.18 bits per heavy atom. The number of hydrogen-bond donors (Lipinski definition) is 1. The largest absolute Gasteiger partial charge is 0.366 e. The predicted octanol–water partition coefficient (Wildman–Crippen LogP) is 1.51. The third kappa shape index (κ3) is 2.07. The van der Waals surface area contributed by atoms with E-state index < -0.39 is 0 Å². The molecular formula is C11H16N6. The molecule has 0 bridgehead atoms. The van der Waals surface area contributed by atoms with Gasteiger partial charge in [0.2, 0.25) is 0 Å². The Kier molecular flexibility index (Phi) is 2.62. The molecule has 1 saturated carbocycles. The van der Waals surface area contributed by atoms with Gasteiger partial charge in [0.15, 0.2) is 5.65 Å². The van der Waals surface area contributed by atoms with Gasteiger partial charge in [-0.2, -0.15) is 0 Å². The van der Waals surface area contributed by atoms with Crippen LogP contribution in [0.4, 0.5) is 5.82 Å². The molecule has 17 heavy (non-hydrogen) atoms. The maximum absolute atomic E-state index is 4.33. The number of hydrogen-bond acceptors (Lipinski definition) is 5. The fourth-order valence-corrected chi connectivity index (χ4v) is 2.45. The van der Waals surface area contributed by atoms with Gasteiger partial charge >= 0.3 is 0 Å². The summed E-state index contributed by atoms with van der Waals surface area (Å²) in [5.41, 5.74) is 0.673. The standard InChI is InChI=1S/C11H16N6/c1-8-4-2-3-5-9(8)12-10-6-7-11-13-15-16-17(11)14-10/h6-9H,2-5H2,1H3,(H,12,14)/t8-,9+/m1/s1. The molecule has 2 aromatic rings. The summed E-state index contributed by atoms with van der Waals surface area (Å²) >= 11 is 0. The summed E-state index contributed by atoms with van der Waals surface area (Å²) in [5, 5.41) is 19.0. The van der Waals surface area contributed by atoms with E-state index in [2.05, 4.69) is 32.9 Å². The first-order valence-electron chi connectivity index (χ1n) is 6.15. The van der Waals surface area contributed by atoms with E-state index in [0.717, 1.165) is 5.82 Å². The summed E-state index contributed by atoms with van der Waals surface area (Å²) in [6.07, 6.45) is 5.16. The molecule has 1 aliphatic carbocycles. The highest BCUT2D eigenvalue weighted by Crippen LogP contribution is 2.26. The summed E-state index contributed by atoms with van der Waals surface area (Å²) in [4.78, 5) is 0. The summed E-state index contributed by atoms with van der Waals surface area (Å²) in [5.74, 6) is 1.55. The lowest BCUT2D eigenvalue weighted by Gasteiger charge is -2.29. The second-order valence-electron chi connectivity index (χ2n) is 4.76. The van der Waals surface area contributed by atoms with Crippen molar-refractivity contribution in [1.29, 1.82) is 0 Å². The zero-order valence-electron chi connectivity index (χ0n) is 9.87. The number of anilines is 1. The maximum atomic E-state index is 4.33. The van der Waals surface area contributed by atoms with E-state index in [4.69, 9.17) is 0 Å². The molecule has 1 N–H and O–H groups in total. The Bertz CT molecular complexity index is 507. The van der Waals surface area contributed by atoms with Crippen molar-refractivity contribution in [2.45, 2.75) is 38.6 Å². The van der Waals surface area contributed by atoms with Crippen LogP contribution in [0, 0.1) is 5.92 Å². The van der Waals surface area contributed by atoms with Gasteiger partial charge in [0.05, 0.1) is 0 Å². The number of rotatable bonds is 2. The third-order valence-corrected chi connectivity index (χ3v) is 3.51. The molecule has 2 aromatic heterocycles. The quantitative estimate of drug-likeness (QED) is 0.850. The van der Waals surface area contributed by atoms with Crippen LogP contribution in [0.5, 0.6) is 0 Å².